The Balaban J connectivity index is 0.00000320. The molecular formula is C20H28FIN4O2S2. The molecule has 1 fully saturated rings. The molecule has 166 valence electrons. The second-order valence-corrected chi connectivity index (χ2v) is 10.4. The van der Waals surface area contributed by atoms with Crippen LogP contribution in [0.2, 0.25) is 0 Å². The van der Waals surface area contributed by atoms with Crippen LogP contribution < -0.4 is 10.6 Å². The normalized spacial score (nSPS) is 15.5. The number of rotatable bonds is 6. The van der Waals surface area contributed by atoms with E-state index in [9.17, 15) is 12.8 Å². The first-order chi connectivity index (χ1) is 13.9. The fourth-order valence-electron chi connectivity index (χ4n) is 3.15. The summed E-state index contributed by atoms with van der Waals surface area (Å²) in [6.07, 6.45) is 2.94. The van der Waals surface area contributed by atoms with Gasteiger partial charge in [0, 0.05) is 31.6 Å². The fraction of sp³-hybridized carbons (Fsp3) is 0.450. The van der Waals surface area contributed by atoms with Gasteiger partial charge in [-0.15, -0.1) is 35.3 Å². The van der Waals surface area contributed by atoms with Crippen LogP contribution in [0.4, 0.5) is 4.39 Å². The number of sulfonamides is 1. The summed E-state index contributed by atoms with van der Waals surface area (Å²) in [5, 5.41) is 6.32. The third-order valence-corrected chi connectivity index (χ3v) is 8.35. The minimum atomic E-state index is -3.40. The Morgan fingerprint density at radius 2 is 1.83 bits per heavy atom. The van der Waals surface area contributed by atoms with Gasteiger partial charge in [-0.25, -0.2) is 12.8 Å². The van der Waals surface area contributed by atoms with E-state index in [1.807, 2.05) is 12.1 Å². The molecule has 1 aromatic carbocycles. The lowest BCUT2D eigenvalue weighted by Crippen LogP contribution is -2.36. The molecule has 3 rings (SSSR count). The average molecular weight is 567 g/mol. The van der Waals surface area contributed by atoms with Crippen LogP contribution in [0.25, 0.3) is 0 Å². The molecule has 0 radical (unpaired) electrons. The summed E-state index contributed by atoms with van der Waals surface area (Å²) >= 11 is 1.28. The summed E-state index contributed by atoms with van der Waals surface area (Å²) in [6, 6.07) is 8.63. The highest BCUT2D eigenvalue weighted by Crippen LogP contribution is 2.27. The molecule has 2 N–H and O–H groups in total. The van der Waals surface area contributed by atoms with E-state index in [4.69, 9.17) is 0 Å². The monoisotopic (exact) mass is 566 g/mol. The second-order valence-electron chi connectivity index (χ2n) is 7.05. The molecule has 0 atom stereocenters. The molecule has 1 aromatic heterocycles. The smallest absolute Gasteiger partial charge is 0.252 e. The van der Waals surface area contributed by atoms with Gasteiger partial charge in [-0.1, -0.05) is 18.6 Å². The molecular weight excluding hydrogens is 538 g/mol. The van der Waals surface area contributed by atoms with Crippen LogP contribution in [0.3, 0.4) is 0 Å². The summed E-state index contributed by atoms with van der Waals surface area (Å²) in [7, 11) is -1.74. The minimum absolute atomic E-state index is 0. The molecule has 1 aliphatic rings. The highest BCUT2D eigenvalue weighted by Gasteiger charge is 2.27. The van der Waals surface area contributed by atoms with E-state index in [0.29, 0.717) is 41.9 Å². The number of guanidine groups is 1. The van der Waals surface area contributed by atoms with Crippen molar-refractivity contribution in [2.75, 3.05) is 20.1 Å². The molecule has 0 spiro atoms. The summed E-state index contributed by atoms with van der Waals surface area (Å²) in [6.45, 7) is 3.83. The van der Waals surface area contributed by atoms with Gasteiger partial charge in [0.25, 0.3) is 10.0 Å². The largest absolute Gasteiger partial charge is 0.352 e. The first kappa shape index (κ1) is 25.0. The van der Waals surface area contributed by atoms with Crippen LogP contribution in [-0.2, 0) is 23.1 Å². The zero-order valence-electron chi connectivity index (χ0n) is 17.2. The third kappa shape index (κ3) is 6.38. The van der Waals surface area contributed by atoms with Gasteiger partial charge in [0.2, 0.25) is 0 Å². The predicted octanol–water partition coefficient (Wildman–Crippen LogP) is 3.85. The van der Waals surface area contributed by atoms with Gasteiger partial charge in [-0.3, -0.25) is 4.99 Å². The van der Waals surface area contributed by atoms with Crippen molar-refractivity contribution in [2.45, 2.75) is 43.5 Å². The maximum Gasteiger partial charge on any atom is 0.252 e. The van der Waals surface area contributed by atoms with Crippen molar-refractivity contribution in [3.63, 3.8) is 0 Å². The number of piperidine rings is 1. The maximum atomic E-state index is 13.7. The summed E-state index contributed by atoms with van der Waals surface area (Å²) in [5.41, 5.74) is 1.44. The molecule has 0 aliphatic carbocycles. The molecule has 0 bridgehead atoms. The standard InChI is InChI=1S/C20H27FN4O2S2.HI/c1-15-6-7-16(12-18(15)21)13-23-20(22-2)24-14-17-8-9-19(28-17)29(26,27)25-10-4-3-5-11-25;/h6-9,12H,3-5,10-11,13-14H2,1-2H3,(H2,22,23,24);1H. The second kappa shape index (κ2) is 11.4. The van der Waals surface area contributed by atoms with Crippen molar-refractivity contribution in [3.05, 3.63) is 52.2 Å². The summed E-state index contributed by atoms with van der Waals surface area (Å²) < 4.78 is 41.1. The van der Waals surface area contributed by atoms with Gasteiger partial charge in [0.1, 0.15) is 10.0 Å². The van der Waals surface area contributed by atoms with Gasteiger partial charge < -0.3 is 10.6 Å². The number of aliphatic imine (C=N–C) groups is 1. The highest BCUT2D eigenvalue weighted by atomic mass is 127. The zero-order valence-corrected chi connectivity index (χ0v) is 21.1. The van der Waals surface area contributed by atoms with Crippen molar-refractivity contribution >= 4 is 51.3 Å². The van der Waals surface area contributed by atoms with Crippen molar-refractivity contribution in [1.29, 1.82) is 0 Å². The first-order valence-electron chi connectivity index (χ1n) is 9.68. The molecule has 30 heavy (non-hydrogen) atoms. The van der Waals surface area contributed by atoms with Crippen LogP contribution >= 0.6 is 35.3 Å². The molecule has 1 aliphatic heterocycles. The molecule has 2 heterocycles. The third-order valence-electron chi connectivity index (χ3n) is 4.90. The van der Waals surface area contributed by atoms with Crippen LogP contribution in [0.5, 0.6) is 0 Å². The number of nitrogens with zero attached hydrogens (tertiary/aromatic N) is 2. The molecule has 0 amide bonds. The van der Waals surface area contributed by atoms with Crippen molar-refractivity contribution < 1.29 is 12.8 Å². The number of hydrogen-bond donors (Lipinski definition) is 2. The topological polar surface area (TPSA) is 73.8 Å². The van der Waals surface area contributed by atoms with E-state index in [2.05, 4.69) is 15.6 Å². The average Bonchev–Trinajstić information content (AvgIpc) is 3.21. The highest BCUT2D eigenvalue weighted by molar-refractivity contribution is 14.0. The van der Waals surface area contributed by atoms with E-state index in [-0.39, 0.29) is 29.8 Å². The Morgan fingerprint density at radius 1 is 1.13 bits per heavy atom. The summed E-state index contributed by atoms with van der Waals surface area (Å²) in [5.74, 6) is 0.341. The Morgan fingerprint density at radius 3 is 2.50 bits per heavy atom. The van der Waals surface area contributed by atoms with Gasteiger partial charge >= 0.3 is 0 Å². The van der Waals surface area contributed by atoms with Gasteiger partial charge in [-0.05, 0) is 49.1 Å². The van der Waals surface area contributed by atoms with Crippen LogP contribution in [0.1, 0.15) is 35.3 Å². The number of thiophene rings is 1. The van der Waals surface area contributed by atoms with Crippen molar-refractivity contribution in [1.82, 2.24) is 14.9 Å². The number of benzene rings is 1. The number of nitrogens with one attached hydrogen (secondary N) is 2. The van der Waals surface area contributed by atoms with Crippen molar-refractivity contribution in [2.24, 2.45) is 4.99 Å². The maximum absolute atomic E-state index is 13.7. The summed E-state index contributed by atoms with van der Waals surface area (Å²) in [4.78, 5) is 5.07. The lowest BCUT2D eigenvalue weighted by molar-refractivity contribution is 0.347. The van der Waals surface area contributed by atoms with Gasteiger partial charge in [-0.2, -0.15) is 4.31 Å². The molecule has 1 saturated heterocycles. The molecule has 6 nitrogen and oxygen atoms in total. The predicted molar refractivity (Wildman–Crippen MR) is 131 cm³/mol. The minimum Gasteiger partial charge on any atom is -0.352 e. The fourth-order valence-corrected chi connectivity index (χ4v) is 6.11. The number of halogens is 2. The first-order valence-corrected chi connectivity index (χ1v) is 11.9. The van der Waals surface area contributed by atoms with Crippen LogP contribution in [0, 0.1) is 12.7 Å². The Bertz CT molecular complexity index is 973. The lowest BCUT2D eigenvalue weighted by Gasteiger charge is -2.25. The molecule has 2 aromatic rings. The van der Waals surface area contributed by atoms with Gasteiger partial charge in [0.05, 0.1) is 6.54 Å². The zero-order chi connectivity index (χ0) is 20.9. The van der Waals surface area contributed by atoms with E-state index >= 15 is 0 Å². The lowest BCUT2D eigenvalue weighted by atomic mass is 10.1. The molecule has 0 saturated carbocycles. The Labute approximate surface area is 199 Å². The van der Waals surface area contributed by atoms with Crippen LogP contribution in [-0.4, -0.2) is 38.8 Å². The van der Waals surface area contributed by atoms with Crippen LogP contribution in [0.15, 0.2) is 39.5 Å². The van der Waals surface area contributed by atoms with Gasteiger partial charge in [0.15, 0.2) is 5.96 Å². The van der Waals surface area contributed by atoms with E-state index < -0.39 is 10.0 Å². The molecule has 10 heteroatoms. The number of aryl methyl sites for hydroxylation is 1. The van der Waals surface area contributed by atoms with E-state index in [1.165, 1.54) is 17.4 Å². The SMILES string of the molecule is CN=C(NCc1ccc(C)c(F)c1)NCc1ccc(S(=O)(=O)N2CCCCC2)s1.I. The van der Waals surface area contributed by atoms with E-state index in [0.717, 1.165) is 29.7 Å². The Kier molecular flexibility index (Phi) is 9.51. The number of hydrogen-bond acceptors (Lipinski definition) is 4. The quantitative estimate of drug-likeness (QED) is 0.317. The molecule has 0 unspecified atom stereocenters. The van der Waals surface area contributed by atoms with Crippen molar-refractivity contribution in [3.8, 4) is 0 Å². The Hall–Kier alpha value is -1.24. The van der Waals surface area contributed by atoms with E-state index in [1.54, 1.807) is 30.4 Å².